The van der Waals surface area contributed by atoms with E-state index in [4.69, 9.17) is 10.8 Å². The van der Waals surface area contributed by atoms with Gasteiger partial charge >= 0.3 is 12.3 Å². The highest BCUT2D eigenvalue weighted by Gasteiger charge is 2.31. The van der Waals surface area contributed by atoms with Gasteiger partial charge in [0.1, 0.15) is 11.8 Å². The molecular formula is C12H11F3N2O4. The minimum Gasteiger partial charge on any atom is -0.480 e. The standard InChI is InChI=1S/C12H11F3N2O4/c13-12(14,15)21-7-1-2-8-6(3-9(16)11(18)19)5-17(20)10(8)4-7/h1-2,4-5,9,20H,3,16H2,(H,18,19). The number of aliphatic carboxylic acids is 1. The molecule has 6 nitrogen and oxygen atoms in total. The Morgan fingerprint density at radius 3 is 2.67 bits per heavy atom. The number of alkyl halides is 3. The lowest BCUT2D eigenvalue weighted by molar-refractivity contribution is -0.274. The zero-order chi connectivity index (χ0) is 15.8. The van der Waals surface area contributed by atoms with Gasteiger partial charge in [0.2, 0.25) is 0 Å². The second-order valence-electron chi connectivity index (χ2n) is 4.37. The average molecular weight is 304 g/mol. The Kier molecular flexibility index (Phi) is 3.69. The van der Waals surface area contributed by atoms with Crippen molar-refractivity contribution in [3.05, 3.63) is 30.0 Å². The molecule has 0 amide bonds. The van der Waals surface area contributed by atoms with Crippen molar-refractivity contribution in [1.29, 1.82) is 0 Å². The van der Waals surface area contributed by atoms with Crippen LogP contribution in [-0.4, -0.2) is 33.4 Å². The van der Waals surface area contributed by atoms with Gasteiger partial charge in [0, 0.05) is 24.1 Å². The number of aromatic nitrogens is 1. The van der Waals surface area contributed by atoms with Gasteiger partial charge in [0.15, 0.2) is 0 Å². The highest BCUT2D eigenvalue weighted by molar-refractivity contribution is 5.86. The van der Waals surface area contributed by atoms with Gasteiger partial charge in [-0.05, 0) is 17.7 Å². The third-order valence-electron chi connectivity index (χ3n) is 2.83. The molecule has 0 spiro atoms. The van der Waals surface area contributed by atoms with E-state index < -0.39 is 24.1 Å². The first-order chi connectivity index (χ1) is 9.67. The van der Waals surface area contributed by atoms with Crippen molar-refractivity contribution in [2.75, 3.05) is 0 Å². The van der Waals surface area contributed by atoms with Crippen molar-refractivity contribution in [2.45, 2.75) is 18.8 Å². The number of ether oxygens (including phenoxy) is 1. The van der Waals surface area contributed by atoms with E-state index in [0.29, 0.717) is 15.7 Å². The topological polar surface area (TPSA) is 97.7 Å². The number of rotatable bonds is 4. The maximum absolute atomic E-state index is 12.1. The third kappa shape index (κ3) is 3.37. The van der Waals surface area contributed by atoms with E-state index in [-0.39, 0.29) is 11.9 Å². The van der Waals surface area contributed by atoms with Crippen molar-refractivity contribution in [3.8, 4) is 5.75 Å². The summed E-state index contributed by atoms with van der Waals surface area (Å²) in [6, 6.07) is 2.19. The fourth-order valence-corrected chi connectivity index (χ4v) is 1.94. The maximum atomic E-state index is 12.1. The summed E-state index contributed by atoms with van der Waals surface area (Å²) in [7, 11) is 0. The van der Waals surface area contributed by atoms with Gasteiger partial charge in [-0.3, -0.25) is 4.79 Å². The molecule has 0 aliphatic heterocycles. The van der Waals surface area contributed by atoms with Crippen LogP contribution in [0, 0.1) is 0 Å². The van der Waals surface area contributed by atoms with Crippen LogP contribution in [0.25, 0.3) is 10.9 Å². The summed E-state index contributed by atoms with van der Waals surface area (Å²) in [5, 5.41) is 18.8. The average Bonchev–Trinajstić information content (AvgIpc) is 2.64. The first-order valence-electron chi connectivity index (χ1n) is 5.75. The zero-order valence-corrected chi connectivity index (χ0v) is 10.5. The lowest BCUT2D eigenvalue weighted by Crippen LogP contribution is -2.32. The molecule has 1 atom stereocenters. The smallest absolute Gasteiger partial charge is 0.480 e. The molecule has 0 bridgehead atoms. The molecule has 4 N–H and O–H groups in total. The quantitative estimate of drug-likeness (QED) is 0.747. The molecule has 0 fully saturated rings. The summed E-state index contributed by atoms with van der Waals surface area (Å²) >= 11 is 0. The Hall–Kier alpha value is -2.42. The van der Waals surface area contributed by atoms with E-state index in [9.17, 15) is 23.2 Å². The first-order valence-corrected chi connectivity index (χ1v) is 5.75. The summed E-state index contributed by atoms with van der Waals surface area (Å²) in [5.41, 5.74) is 5.86. The first kappa shape index (κ1) is 15.0. The summed E-state index contributed by atoms with van der Waals surface area (Å²) in [4.78, 5) is 10.7. The number of nitrogens with zero attached hydrogens (tertiary/aromatic N) is 1. The largest absolute Gasteiger partial charge is 0.573 e. The summed E-state index contributed by atoms with van der Waals surface area (Å²) in [6.45, 7) is 0. The van der Waals surface area contributed by atoms with Crippen LogP contribution < -0.4 is 10.5 Å². The Balaban J connectivity index is 2.37. The van der Waals surface area contributed by atoms with Crippen molar-refractivity contribution in [1.82, 2.24) is 4.73 Å². The molecule has 1 heterocycles. The second kappa shape index (κ2) is 5.17. The van der Waals surface area contributed by atoms with E-state index in [1.807, 2.05) is 0 Å². The molecule has 9 heteroatoms. The Morgan fingerprint density at radius 2 is 2.10 bits per heavy atom. The number of benzene rings is 1. The van der Waals surface area contributed by atoms with Gasteiger partial charge < -0.3 is 20.8 Å². The van der Waals surface area contributed by atoms with Crippen LogP contribution in [-0.2, 0) is 11.2 Å². The number of hydrogen-bond donors (Lipinski definition) is 3. The van der Waals surface area contributed by atoms with E-state index in [1.54, 1.807) is 0 Å². The highest BCUT2D eigenvalue weighted by Crippen LogP contribution is 2.29. The van der Waals surface area contributed by atoms with E-state index in [2.05, 4.69) is 4.74 Å². The Bertz CT molecular complexity index is 681. The molecule has 21 heavy (non-hydrogen) atoms. The van der Waals surface area contributed by atoms with Crippen LogP contribution in [0.2, 0.25) is 0 Å². The van der Waals surface area contributed by atoms with Gasteiger partial charge in [-0.15, -0.1) is 13.2 Å². The number of carboxylic acids is 1. The number of fused-ring (bicyclic) bond motifs is 1. The van der Waals surface area contributed by atoms with Crippen molar-refractivity contribution < 1.29 is 33.0 Å². The molecular weight excluding hydrogens is 293 g/mol. The van der Waals surface area contributed by atoms with Gasteiger partial charge in [-0.1, -0.05) is 0 Å². The Labute approximate surface area is 116 Å². The zero-order valence-electron chi connectivity index (χ0n) is 10.5. The van der Waals surface area contributed by atoms with E-state index in [0.717, 1.165) is 12.1 Å². The molecule has 2 aromatic rings. The van der Waals surface area contributed by atoms with Gasteiger partial charge in [0.25, 0.3) is 0 Å². The van der Waals surface area contributed by atoms with Crippen LogP contribution in [0.15, 0.2) is 24.4 Å². The van der Waals surface area contributed by atoms with Crippen LogP contribution in [0.4, 0.5) is 13.2 Å². The molecule has 0 saturated carbocycles. The van der Waals surface area contributed by atoms with Crippen molar-refractivity contribution in [2.24, 2.45) is 5.73 Å². The molecule has 0 aliphatic rings. The predicted octanol–water partition coefficient (Wildman–Crippen LogP) is 1.73. The fraction of sp³-hybridized carbons (Fsp3) is 0.250. The summed E-state index contributed by atoms with van der Waals surface area (Å²) in [6.07, 6.45) is -3.71. The third-order valence-corrected chi connectivity index (χ3v) is 2.83. The SMILES string of the molecule is NC(Cc1cn(O)c2cc(OC(F)(F)F)ccc12)C(=O)O. The monoisotopic (exact) mass is 304 g/mol. The molecule has 114 valence electrons. The summed E-state index contributed by atoms with van der Waals surface area (Å²) < 4.78 is 40.8. The minimum absolute atomic E-state index is 0.0596. The number of carboxylic acid groups (broad SMARTS) is 1. The molecule has 0 radical (unpaired) electrons. The fourth-order valence-electron chi connectivity index (χ4n) is 1.94. The predicted molar refractivity (Wildman–Crippen MR) is 65.1 cm³/mol. The lowest BCUT2D eigenvalue weighted by Gasteiger charge is -2.09. The van der Waals surface area contributed by atoms with Crippen LogP contribution >= 0.6 is 0 Å². The van der Waals surface area contributed by atoms with Crippen molar-refractivity contribution in [3.63, 3.8) is 0 Å². The van der Waals surface area contributed by atoms with Crippen LogP contribution in [0.1, 0.15) is 5.56 Å². The number of carbonyl (C=O) groups is 1. The minimum atomic E-state index is -4.84. The van der Waals surface area contributed by atoms with Gasteiger partial charge in [-0.25, -0.2) is 0 Å². The normalized spacial score (nSPS) is 13.3. The second-order valence-corrected chi connectivity index (χ2v) is 4.37. The van der Waals surface area contributed by atoms with Crippen molar-refractivity contribution >= 4 is 16.9 Å². The summed E-state index contributed by atoms with van der Waals surface area (Å²) in [5.74, 6) is -1.71. The Morgan fingerprint density at radius 1 is 1.43 bits per heavy atom. The molecule has 2 rings (SSSR count). The van der Waals surface area contributed by atoms with Gasteiger partial charge in [0.05, 0.1) is 5.52 Å². The van der Waals surface area contributed by atoms with E-state index >= 15 is 0 Å². The maximum Gasteiger partial charge on any atom is 0.573 e. The number of halogens is 3. The molecule has 0 saturated heterocycles. The number of nitrogens with two attached hydrogens (primary N) is 1. The lowest BCUT2D eigenvalue weighted by atomic mass is 10.1. The molecule has 1 aromatic heterocycles. The highest BCUT2D eigenvalue weighted by atomic mass is 19.4. The molecule has 1 unspecified atom stereocenters. The molecule has 1 aromatic carbocycles. The van der Waals surface area contributed by atoms with Crippen LogP contribution in [0.3, 0.4) is 0 Å². The van der Waals surface area contributed by atoms with E-state index in [1.165, 1.54) is 12.3 Å². The number of hydrogen-bond acceptors (Lipinski definition) is 4. The molecule has 0 aliphatic carbocycles. The van der Waals surface area contributed by atoms with Gasteiger partial charge in [-0.2, -0.15) is 4.73 Å². The van der Waals surface area contributed by atoms with Crippen LogP contribution in [0.5, 0.6) is 5.75 Å².